The van der Waals surface area contributed by atoms with Gasteiger partial charge in [0.05, 0.1) is 16.7 Å². The van der Waals surface area contributed by atoms with Gasteiger partial charge in [0, 0.05) is 23.5 Å². The number of rotatable bonds is 5. The summed E-state index contributed by atoms with van der Waals surface area (Å²) < 4.78 is 0. The Morgan fingerprint density at radius 1 is 1.04 bits per heavy atom. The molecule has 0 fully saturated rings. The summed E-state index contributed by atoms with van der Waals surface area (Å²) in [6.07, 6.45) is 3.17. The Bertz CT molecular complexity index is 858. The van der Waals surface area contributed by atoms with Crippen LogP contribution in [-0.2, 0) is 0 Å². The Morgan fingerprint density at radius 2 is 1.88 bits per heavy atom. The Kier molecular flexibility index (Phi) is 4.67. The van der Waals surface area contributed by atoms with Crippen LogP contribution in [0.1, 0.15) is 17.3 Å². The summed E-state index contributed by atoms with van der Waals surface area (Å²) in [6.45, 7) is 0. The molecule has 2 heterocycles. The standard InChI is InChI=1S/C17H13ClN4O2/c18-13-6-3-5-12(11-13)16(14-7-1-2-9-19-14)21-17-15(22(23)24)8-4-10-20-17/h1-11,16H,(H,20,21). The van der Waals surface area contributed by atoms with E-state index >= 15 is 0 Å². The Hall–Kier alpha value is -2.99. The number of hydrogen-bond donors (Lipinski definition) is 1. The average molecular weight is 341 g/mol. The predicted octanol–water partition coefficient (Wildman–Crippen LogP) is 4.24. The lowest BCUT2D eigenvalue weighted by molar-refractivity contribution is -0.384. The molecule has 1 atom stereocenters. The highest BCUT2D eigenvalue weighted by molar-refractivity contribution is 6.30. The Labute approximate surface area is 143 Å². The van der Waals surface area contributed by atoms with Gasteiger partial charge in [-0.1, -0.05) is 29.8 Å². The zero-order valence-electron chi connectivity index (χ0n) is 12.5. The van der Waals surface area contributed by atoms with Crippen LogP contribution in [0.3, 0.4) is 0 Å². The van der Waals surface area contributed by atoms with Crippen LogP contribution < -0.4 is 5.32 Å². The summed E-state index contributed by atoms with van der Waals surface area (Å²) in [5.74, 6) is 0.179. The number of nitrogens with one attached hydrogen (secondary N) is 1. The highest BCUT2D eigenvalue weighted by atomic mass is 35.5. The van der Waals surface area contributed by atoms with Crippen LogP contribution in [0, 0.1) is 10.1 Å². The van der Waals surface area contributed by atoms with E-state index in [0.29, 0.717) is 10.7 Å². The fourth-order valence-electron chi connectivity index (χ4n) is 2.35. The maximum Gasteiger partial charge on any atom is 0.311 e. The summed E-state index contributed by atoms with van der Waals surface area (Å²) in [4.78, 5) is 19.2. The van der Waals surface area contributed by atoms with E-state index in [9.17, 15) is 10.1 Å². The molecule has 3 aromatic rings. The van der Waals surface area contributed by atoms with Gasteiger partial charge >= 0.3 is 5.69 Å². The minimum Gasteiger partial charge on any atom is -0.352 e. The van der Waals surface area contributed by atoms with Crippen LogP contribution in [0.5, 0.6) is 0 Å². The summed E-state index contributed by atoms with van der Waals surface area (Å²) in [6, 6.07) is 15.3. The Balaban J connectivity index is 2.05. The minimum atomic E-state index is -0.469. The molecule has 0 aliphatic heterocycles. The molecule has 24 heavy (non-hydrogen) atoms. The fraction of sp³-hybridized carbons (Fsp3) is 0.0588. The highest BCUT2D eigenvalue weighted by Gasteiger charge is 2.21. The summed E-state index contributed by atoms with van der Waals surface area (Å²) in [7, 11) is 0. The third-order valence-corrected chi connectivity index (χ3v) is 3.66. The van der Waals surface area contributed by atoms with E-state index < -0.39 is 11.0 Å². The molecule has 1 unspecified atom stereocenters. The van der Waals surface area contributed by atoms with Crippen molar-refractivity contribution in [1.29, 1.82) is 0 Å². The maximum atomic E-state index is 11.2. The topological polar surface area (TPSA) is 81.0 Å². The van der Waals surface area contributed by atoms with Crippen molar-refractivity contribution < 1.29 is 4.92 Å². The number of nitro groups is 1. The molecule has 3 rings (SSSR count). The zero-order chi connectivity index (χ0) is 16.9. The molecule has 120 valence electrons. The Morgan fingerprint density at radius 3 is 2.58 bits per heavy atom. The van der Waals surface area contributed by atoms with Crippen LogP contribution in [-0.4, -0.2) is 14.9 Å². The first kappa shape index (κ1) is 15.9. The van der Waals surface area contributed by atoms with E-state index in [2.05, 4.69) is 15.3 Å². The van der Waals surface area contributed by atoms with Crippen molar-refractivity contribution in [2.45, 2.75) is 6.04 Å². The van der Waals surface area contributed by atoms with Gasteiger partial charge in [-0.3, -0.25) is 15.1 Å². The van der Waals surface area contributed by atoms with E-state index in [1.807, 2.05) is 30.3 Å². The number of aromatic nitrogens is 2. The minimum absolute atomic E-state index is 0.0968. The smallest absolute Gasteiger partial charge is 0.311 e. The van der Waals surface area contributed by atoms with Crippen molar-refractivity contribution >= 4 is 23.1 Å². The second-order valence-corrected chi connectivity index (χ2v) is 5.45. The van der Waals surface area contributed by atoms with Crippen LogP contribution in [0.4, 0.5) is 11.5 Å². The summed E-state index contributed by atoms with van der Waals surface area (Å²) >= 11 is 6.09. The van der Waals surface area contributed by atoms with Gasteiger partial charge in [0.15, 0.2) is 0 Å². The van der Waals surface area contributed by atoms with Crippen molar-refractivity contribution in [1.82, 2.24) is 9.97 Å². The van der Waals surface area contributed by atoms with Crippen molar-refractivity contribution in [3.8, 4) is 0 Å². The van der Waals surface area contributed by atoms with Crippen LogP contribution in [0.2, 0.25) is 5.02 Å². The normalized spacial score (nSPS) is 11.7. The number of hydrogen-bond acceptors (Lipinski definition) is 5. The molecule has 0 spiro atoms. The van der Waals surface area contributed by atoms with Gasteiger partial charge in [0.2, 0.25) is 5.82 Å². The van der Waals surface area contributed by atoms with Crippen LogP contribution in [0.25, 0.3) is 0 Å². The second-order valence-electron chi connectivity index (χ2n) is 5.02. The number of anilines is 1. The largest absolute Gasteiger partial charge is 0.352 e. The van der Waals surface area contributed by atoms with Gasteiger partial charge in [-0.2, -0.15) is 0 Å². The molecular formula is C17H13ClN4O2. The molecule has 2 aromatic heterocycles. The first-order valence-electron chi connectivity index (χ1n) is 7.17. The molecule has 0 aliphatic rings. The first-order valence-corrected chi connectivity index (χ1v) is 7.55. The molecule has 7 heteroatoms. The molecule has 0 amide bonds. The second kappa shape index (κ2) is 7.06. The molecule has 0 bridgehead atoms. The van der Waals surface area contributed by atoms with Gasteiger partial charge in [-0.25, -0.2) is 4.98 Å². The maximum absolute atomic E-state index is 11.2. The molecule has 1 aromatic carbocycles. The lowest BCUT2D eigenvalue weighted by Crippen LogP contribution is -2.15. The molecule has 0 aliphatic carbocycles. The number of nitrogens with zero attached hydrogens (tertiary/aromatic N) is 3. The first-order chi connectivity index (χ1) is 11.6. The molecule has 6 nitrogen and oxygen atoms in total. The van der Waals surface area contributed by atoms with Gasteiger partial charge in [-0.05, 0) is 35.9 Å². The van der Waals surface area contributed by atoms with E-state index in [4.69, 9.17) is 11.6 Å². The van der Waals surface area contributed by atoms with E-state index in [-0.39, 0.29) is 11.5 Å². The number of benzene rings is 1. The van der Waals surface area contributed by atoms with E-state index in [1.165, 1.54) is 18.3 Å². The van der Waals surface area contributed by atoms with Gasteiger partial charge < -0.3 is 5.32 Å². The van der Waals surface area contributed by atoms with Crippen LogP contribution >= 0.6 is 11.6 Å². The highest BCUT2D eigenvalue weighted by Crippen LogP contribution is 2.30. The molecule has 1 N–H and O–H groups in total. The monoisotopic (exact) mass is 340 g/mol. The number of pyridine rings is 2. The van der Waals surface area contributed by atoms with E-state index in [0.717, 1.165) is 5.56 Å². The SMILES string of the molecule is O=[N+]([O-])c1cccnc1NC(c1cccc(Cl)c1)c1ccccn1. The predicted molar refractivity (Wildman–Crippen MR) is 92.0 cm³/mol. The van der Waals surface area contributed by atoms with Crippen molar-refractivity contribution in [2.75, 3.05) is 5.32 Å². The molecule has 0 saturated heterocycles. The van der Waals surface area contributed by atoms with Gasteiger partial charge in [0.25, 0.3) is 0 Å². The lowest BCUT2D eigenvalue weighted by atomic mass is 10.0. The van der Waals surface area contributed by atoms with Crippen molar-refractivity contribution in [2.24, 2.45) is 0 Å². The molecular weight excluding hydrogens is 328 g/mol. The third kappa shape index (κ3) is 3.49. The van der Waals surface area contributed by atoms with Crippen molar-refractivity contribution in [3.05, 3.63) is 93.4 Å². The summed E-state index contributed by atoms with van der Waals surface area (Å²) in [5, 5.41) is 14.9. The molecule has 0 radical (unpaired) electrons. The van der Waals surface area contributed by atoms with Gasteiger partial charge in [-0.15, -0.1) is 0 Å². The van der Waals surface area contributed by atoms with E-state index in [1.54, 1.807) is 18.3 Å². The van der Waals surface area contributed by atoms with Crippen molar-refractivity contribution in [3.63, 3.8) is 0 Å². The average Bonchev–Trinajstić information content (AvgIpc) is 2.60. The summed E-state index contributed by atoms with van der Waals surface area (Å²) in [5.41, 5.74) is 1.45. The lowest BCUT2D eigenvalue weighted by Gasteiger charge is -2.19. The zero-order valence-corrected chi connectivity index (χ0v) is 13.2. The number of halogens is 1. The van der Waals surface area contributed by atoms with Gasteiger partial charge in [0.1, 0.15) is 0 Å². The quantitative estimate of drug-likeness (QED) is 0.555. The fourth-order valence-corrected chi connectivity index (χ4v) is 2.55. The van der Waals surface area contributed by atoms with Crippen LogP contribution in [0.15, 0.2) is 67.0 Å². The third-order valence-electron chi connectivity index (χ3n) is 3.43. The molecule has 0 saturated carbocycles.